The summed E-state index contributed by atoms with van der Waals surface area (Å²) in [6.07, 6.45) is 1.94. The fraction of sp³-hybridized carbons (Fsp3) is 0.250. The molecule has 0 aliphatic heterocycles. The molecule has 1 aromatic heterocycles. The van der Waals surface area contributed by atoms with Crippen molar-refractivity contribution in [2.45, 2.75) is 11.3 Å². The van der Waals surface area contributed by atoms with Gasteiger partial charge in [-0.05, 0) is 18.2 Å². The van der Waals surface area contributed by atoms with Crippen molar-refractivity contribution in [3.05, 3.63) is 41.7 Å². The van der Waals surface area contributed by atoms with E-state index >= 15 is 0 Å². The number of halogens is 2. The molecule has 0 fully saturated rings. The zero-order valence-electron chi connectivity index (χ0n) is 11.2. The molecule has 1 aromatic carbocycles. The van der Waals surface area contributed by atoms with E-state index in [4.69, 9.17) is 5.73 Å². The van der Waals surface area contributed by atoms with Crippen LogP contribution in [-0.2, 0) is 23.5 Å². The number of aryl methyl sites for hydroxylation is 1. The summed E-state index contributed by atoms with van der Waals surface area (Å²) in [6, 6.07) is 3.34. The molecule has 0 aliphatic carbocycles. The molecule has 2 rings (SSSR count). The molecule has 0 spiro atoms. The van der Waals surface area contributed by atoms with E-state index in [0.717, 1.165) is 17.8 Å². The van der Waals surface area contributed by atoms with Gasteiger partial charge in [0, 0.05) is 37.6 Å². The SMILES string of the molecule is Cn1nccc1CCNS(=O)(=O)c1cc(N)cc(F)c1F. The summed E-state index contributed by atoms with van der Waals surface area (Å²) in [5, 5.41) is 3.94. The number of rotatable bonds is 5. The van der Waals surface area contributed by atoms with Crippen molar-refractivity contribution in [1.29, 1.82) is 0 Å². The van der Waals surface area contributed by atoms with E-state index in [9.17, 15) is 17.2 Å². The first-order valence-corrected chi connectivity index (χ1v) is 7.50. The number of aromatic nitrogens is 2. The molecule has 114 valence electrons. The van der Waals surface area contributed by atoms with E-state index in [1.165, 1.54) is 0 Å². The van der Waals surface area contributed by atoms with Gasteiger partial charge in [0.1, 0.15) is 4.90 Å². The molecule has 1 heterocycles. The number of anilines is 1. The molecule has 9 heteroatoms. The summed E-state index contributed by atoms with van der Waals surface area (Å²) in [4.78, 5) is -0.801. The standard InChI is InChI=1S/C12H14F2N4O2S/c1-18-9(2-4-16-18)3-5-17-21(19,20)11-7-8(15)6-10(13)12(11)14/h2,4,6-7,17H,3,5,15H2,1H3. The fourth-order valence-electron chi connectivity index (χ4n) is 1.82. The summed E-state index contributed by atoms with van der Waals surface area (Å²) in [5.41, 5.74) is 5.98. The molecule has 0 radical (unpaired) electrons. The molecule has 3 N–H and O–H groups in total. The van der Waals surface area contributed by atoms with Crippen LogP contribution in [0.3, 0.4) is 0 Å². The van der Waals surface area contributed by atoms with Crippen LogP contribution < -0.4 is 10.5 Å². The van der Waals surface area contributed by atoms with Gasteiger partial charge in [0.15, 0.2) is 11.6 Å². The van der Waals surface area contributed by atoms with Crippen molar-refractivity contribution in [3.8, 4) is 0 Å². The predicted molar refractivity (Wildman–Crippen MR) is 72.9 cm³/mol. The van der Waals surface area contributed by atoms with Crippen molar-refractivity contribution in [3.63, 3.8) is 0 Å². The van der Waals surface area contributed by atoms with Crippen molar-refractivity contribution >= 4 is 15.7 Å². The third-order valence-corrected chi connectivity index (χ3v) is 4.36. The summed E-state index contributed by atoms with van der Waals surface area (Å²) >= 11 is 0. The van der Waals surface area contributed by atoms with Crippen LogP contribution in [0.1, 0.15) is 5.69 Å². The summed E-state index contributed by atoms with van der Waals surface area (Å²) < 4.78 is 54.5. The lowest BCUT2D eigenvalue weighted by Crippen LogP contribution is -2.27. The van der Waals surface area contributed by atoms with Crippen molar-refractivity contribution < 1.29 is 17.2 Å². The third kappa shape index (κ3) is 3.37. The normalized spacial score (nSPS) is 11.8. The predicted octanol–water partition coefficient (Wildman–Crippen LogP) is 0.802. The van der Waals surface area contributed by atoms with Gasteiger partial charge < -0.3 is 5.73 Å². The van der Waals surface area contributed by atoms with Crippen LogP contribution in [0.5, 0.6) is 0 Å². The second-order valence-corrected chi connectivity index (χ2v) is 6.14. The second kappa shape index (κ2) is 5.78. The van der Waals surface area contributed by atoms with Crippen molar-refractivity contribution in [2.75, 3.05) is 12.3 Å². The van der Waals surface area contributed by atoms with Gasteiger partial charge in [-0.25, -0.2) is 21.9 Å². The third-order valence-electron chi connectivity index (χ3n) is 2.90. The quantitative estimate of drug-likeness (QED) is 0.799. The Morgan fingerprint density at radius 3 is 2.71 bits per heavy atom. The maximum Gasteiger partial charge on any atom is 0.243 e. The summed E-state index contributed by atoms with van der Waals surface area (Å²) in [7, 11) is -2.46. The van der Waals surface area contributed by atoms with Crippen LogP contribution in [0.25, 0.3) is 0 Å². The van der Waals surface area contributed by atoms with E-state index in [0.29, 0.717) is 6.42 Å². The number of benzene rings is 1. The molecule has 0 saturated carbocycles. The topological polar surface area (TPSA) is 90.0 Å². The molecular formula is C12H14F2N4O2S. The first-order valence-electron chi connectivity index (χ1n) is 6.02. The second-order valence-electron chi connectivity index (χ2n) is 4.41. The Balaban J connectivity index is 2.14. The van der Waals surface area contributed by atoms with E-state index < -0.39 is 26.6 Å². The average molecular weight is 316 g/mol. The van der Waals surface area contributed by atoms with E-state index in [1.807, 2.05) is 0 Å². The Morgan fingerprint density at radius 2 is 2.10 bits per heavy atom. The number of nitrogens with zero attached hydrogens (tertiary/aromatic N) is 2. The van der Waals surface area contributed by atoms with Crippen LogP contribution in [0.15, 0.2) is 29.3 Å². The lowest BCUT2D eigenvalue weighted by molar-refractivity contribution is 0.484. The Bertz CT molecular complexity index is 759. The Kier molecular flexibility index (Phi) is 4.24. The highest BCUT2D eigenvalue weighted by atomic mass is 32.2. The van der Waals surface area contributed by atoms with Crippen LogP contribution in [0.4, 0.5) is 14.5 Å². The molecule has 0 amide bonds. The largest absolute Gasteiger partial charge is 0.399 e. The highest BCUT2D eigenvalue weighted by Gasteiger charge is 2.22. The Hall–Kier alpha value is -2.00. The molecule has 2 aromatic rings. The first-order chi connectivity index (χ1) is 9.81. The molecule has 0 aliphatic rings. The van der Waals surface area contributed by atoms with Crippen molar-refractivity contribution in [1.82, 2.24) is 14.5 Å². The molecule has 6 nitrogen and oxygen atoms in total. The minimum absolute atomic E-state index is 0.0255. The number of nitrogens with two attached hydrogens (primary N) is 1. The molecular weight excluding hydrogens is 302 g/mol. The molecule has 0 saturated heterocycles. The van der Waals surface area contributed by atoms with E-state index in [1.54, 1.807) is 24.0 Å². The summed E-state index contributed by atoms with van der Waals surface area (Å²) in [6.45, 7) is 0.0255. The van der Waals surface area contributed by atoms with Crippen LogP contribution in [0, 0.1) is 11.6 Å². The number of hydrogen-bond donors (Lipinski definition) is 2. The first kappa shape index (κ1) is 15.4. The highest BCUT2D eigenvalue weighted by molar-refractivity contribution is 7.89. The maximum absolute atomic E-state index is 13.6. The average Bonchev–Trinajstić information content (AvgIpc) is 2.79. The smallest absolute Gasteiger partial charge is 0.243 e. The fourth-order valence-corrected chi connectivity index (χ4v) is 2.97. The van der Waals surface area contributed by atoms with E-state index in [2.05, 4.69) is 9.82 Å². The molecule has 21 heavy (non-hydrogen) atoms. The Labute approximate surface area is 120 Å². The number of nitrogen functional groups attached to an aromatic ring is 1. The highest BCUT2D eigenvalue weighted by Crippen LogP contribution is 2.20. The van der Waals surface area contributed by atoms with Crippen molar-refractivity contribution in [2.24, 2.45) is 7.05 Å². The molecule has 0 unspecified atom stereocenters. The lowest BCUT2D eigenvalue weighted by atomic mass is 10.3. The minimum Gasteiger partial charge on any atom is -0.399 e. The number of nitrogens with one attached hydrogen (secondary N) is 1. The number of hydrogen-bond acceptors (Lipinski definition) is 4. The maximum atomic E-state index is 13.6. The van der Waals surface area contributed by atoms with Gasteiger partial charge in [0.05, 0.1) is 0 Å². The van der Waals surface area contributed by atoms with Crippen LogP contribution >= 0.6 is 0 Å². The van der Waals surface area contributed by atoms with Gasteiger partial charge in [0.25, 0.3) is 0 Å². The Morgan fingerprint density at radius 1 is 1.38 bits per heavy atom. The van der Waals surface area contributed by atoms with Gasteiger partial charge >= 0.3 is 0 Å². The van der Waals surface area contributed by atoms with Gasteiger partial charge in [-0.15, -0.1) is 0 Å². The summed E-state index contributed by atoms with van der Waals surface area (Å²) in [5.74, 6) is -2.75. The minimum atomic E-state index is -4.18. The lowest BCUT2D eigenvalue weighted by Gasteiger charge is -2.09. The molecule has 0 bridgehead atoms. The van der Waals surface area contributed by atoms with Gasteiger partial charge in [-0.1, -0.05) is 0 Å². The molecule has 0 atom stereocenters. The van der Waals surface area contributed by atoms with Gasteiger partial charge in [0.2, 0.25) is 10.0 Å². The van der Waals surface area contributed by atoms with E-state index in [-0.39, 0.29) is 12.2 Å². The van der Waals surface area contributed by atoms with Gasteiger partial charge in [-0.2, -0.15) is 5.10 Å². The van der Waals surface area contributed by atoms with Crippen LogP contribution in [0.2, 0.25) is 0 Å². The monoisotopic (exact) mass is 316 g/mol. The van der Waals surface area contributed by atoms with Crippen LogP contribution in [-0.4, -0.2) is 24.7 Å². The zero-order chi connectivity index (χ0) is 15.6. The van der Waals surface area contributed by atoms with Gasteiger partial charge in [-0.3, -0.25) is 4.68 Å². The number of sulfonamides is 1. The zero-order valence-corrected chi connectivity index (χ0v) is 12.0.